The molecular formula is C132H167FIr4N4O8-4. The van der Waals surface area contributed by atoms with Gasteiger partial charge in [0.25, 0.3) is 0 Å². The SMILES string of the molecule is CC(C)CC(=O)C=C(O)CC(C)C.CC(C)CC(=O)C=C(O)CC(C)C.CC(C)CC(=O)C=C(O)CC(C)C.CC(C)CC(=O)C=C(O)CC(C)C.Cc1[c-]c(-c2cc(CC(C)C)c3cc(F)ccc3n2)cc(C)c1.Cc1[c-]c(-c2ccc3c(CC(C)C)c(C)ccc3n2)cc(C)c1.Cc1[c-]c(-c2ccc3c(CC(C)C)cccc3n2)cc(C)c1.Cc1ccc(-c2cc(-c3[c-]ccc(C)c3)nc3ccc(C)cc23)cc1.[Ir].[Ir].[Ir].[Ir]. The fraction of sp³-hybridized carbons (Fsp3) is 0.409. The van der Waals surface area contributed by atoms with E-state index in [1.807, 2.05) is 124 Å². The molecule has 12 nitrogen and oxygen atoms in total. The molecule has 0 aliphatic heterocycles. The topological polar surface area (TPSA) is 201 Å². The summed E-state index contributed by atoms with van der Waals surface area (Å²) in [6, 6.07) is 76.3. The third-order valence-corrected chi connectivity index (χ3v) is 22.8. The standard InChI is InChI=1S/C24H20N.C22H24N.C21H21FN.C21H22N.4C11H20O2.4Ir/c1-16-7-10-19(11-8-16)21-15-24(20-6-4-5-17(2)13-20)25-23-12-9-18(3)14-22(21)23;1-14(2)10-20-17(5)6-8-22-19(20)7-9-21(23-22)18-12-15(3)11-16(4)13-18;1-13(2)7-16-11-21(17-9-14(3)8-15(4)10-17)23-20-6-5-18(22)12-19(16)20;1-14(2)10-17-6-5-7-21-19(17)8-9-20(22-21)18-12-15(3)11-16(4)13-18;4*1-8(2)5-10(12)7-11(13)6-9(3)4;;;;/h4-5,7-15H,1-3H3;6-9,11-12,14H,10H2,1-5H3;5-6,8-9,11-13H,7H2,1-4H3;5-9,11-12,14H,10H2,1-4H3;4*7-9,12H,5-6H2,1-4H3;;;;/q4*-1;;;;;;;;. The van der Waals surface area contributed by atoms with Gasteiger partial charge in [-0.15, -0.1) is 140 Å². The Morgan fingerprint density at radius 1 is 0.289 bits per heavy atom. The van der Waals surface area contributed by atoms with Gasteiger partial charge in [0, 0.05) is 178 Å². The van der Waals surface area contributed by atoms with Gasteiger partial charge in [0.15, 0.2) is 23.1 Å². The van der Waals surface area contributed by atoms with Crippen molar-refractivity contribution in [2.24, 2.45) is 65.1 Å². The largest absolute Gasteiger partial charge is 0.512 e. The van der Waals surface area contributed by atoms with Gasteiger partial charge in [0.1, 0.15) is 5.82 Å². The molecule has 17 heteroatoms. The van der Waals surface area contributed by atoms with Gasteiger partial charge < -0.3 is 20.4 Å². The van der Waals surface area contributed by atoms with Gasteiger partial charge in [0.05, 0.1) is 45.1 Å². The molecule has 0 atom stereocenters. The molecule has 0 aliphatic carbocycles. The molecule has 0 saturated carbocycles. The van der Waals surface area contributed by atoms with E-state index in [0.29, 0.717) is 116 Å². The van der Waals surface area contributed by atoms with Gasteiger partial charge in [-0.05, 0) is 204 Å². The van der Waals surface area contributed by atoms with Crippen LogP contribution >= 0.6 is 0 Å². The quantitative estimate of drug-likeness (QED) is 0.0182. The van der Waals surface area contributed by atoms with Gasteiger partial charge >= 0.3 is 0 Å². The number of hydrogen-bond acceptors (Lipinski definition) is 12. The summed E-state index contributed by atoms with van der Waals surface area (Å²) >= 11 is 0. The molecule has 4 aromatic heterocycles. The fourth-order valence-electron chi connectivity index (χ4n) is 17.0. The first kappa shape index (κ1) is 135. The number of carbonyl (C=O) groups excluding carboxylic acids is 4. The Morgan fingerprint density at radius 2 is 0.624 bits per heavy atom. The van der Waals surface area contributed by atoms with Crippen molar-refractivity contribution >= 4 is 66.7 Å². The Bertz CT molecular complexity index is 6320. The summed E-state index contributed by atoms with van der Waals surface area (Å²) in [6.07, 6.45) is 12.9. The number of pyridine rings is 4. The number of nitrogens with zero attached hydrogens (tertiary/aromatic N) is 4. The Morgan fingerprint density at radius 3 is 1.02 bits per heavy atom. The van der Waals surface area contributed by atoms with E-state index in [4.69, 9.17) is 19.9 Å². The predicted molar refractivity (Wildman–Crippen MR) is 611 cm³/mol. The number of benzene rings is 9. The molecule has 13 aromatic rings. The molecule has 0 spiro atoms. The summed E-state index contributed by atoms with van der Waals surface area (Å²) in [5.74, 6) is 5.50. The first-order valence-corrected chi connectivity index (χ1v) is 52.2. The number of halogens is 1. The molecule has 0 aliphatic rings. The second kappa shape index (κ2) is 67.4. The number of aromatic nitrogens is 4. The average molecular weight is 2730 g/mol. The van der Waals surface area contributed by atoms with Crippen molar-refractivity contribution in [2.75, 3.05) is 0 Å². The number of ketones is 4. The zero-order valence-corrected chi connectivity index (χ0v) is 104. The molecular weight excluding hydrogens is 2560 g/mol. The molecule has 0 saturated heterocycles. The molecule has 149 heavy (non-hydrogen) atoms. The molecule has 0 unspecified atom stereocenters. The van der Waals surface area contributed by atoms with Crippen LogP contribution in [-0.2, 0) is 119 Å². The van der Waals surface area contributed by atoms with E-state index in [2.05, 4.69) is 286 Å². The second-order valence-electron chi connectivity index (χ2n) is 44.1. The van der Waals surface area contributed by atoms with Crippen molar-refractivity contribution in [2.45, 2.75) is 292 Å². The van der Waals surface area contributed by atoms with Crippen LogP contribution in [0.15, 0.2) is 229 Å². The summed E-state index contributed by atoms with van der Waals surface area (Å²) in [5.41, 5.74) is 30.7. The molecule has 810 valence electrons. The first-order chi connectivity index (χ1) is 68.1. The number of allylic oxidation sites excluding steroid dienone is 8. The van der Waals surface area contributed by atoms with Crippen LogP contribution in [0.3, 0.4) is 0 Å². The number of rotatable bonds is 31. The van der Waals surface area contributed by atoms with E-state index in [9.17, 15) is 44.0 Å². The van der Waals surface area contributed by atoms with Gasteiger partial charge in [-0.25, -0.2) is 4.39 Å². The monoisotopic (exact) mass is 2730 g/mol. The molecule has 13 rings (SSSR count). The van der Waals surface area contributed by atoms with Crippen molar-refractivity contribution in [1.82, 2.24) is 19.9 Å². The molecule has 0 amide bonds. The minimum Gasteiger partial charge on any atom is -0.512 e. The molecule has 4 N–H and O–H groups in total. The van der Waals surface area contributed by atoms with Gasteiger partial charge in [0.2, 0.25) is 0 Å². The minimum absolute atomic E-state index is 0. The number of carbonyl (C=O) groups is 4. The van der Waals surface area contributed by atoms with E-state index in [1.165, 1.54) is 108 Å². The maximum Gasteiger partial charge on any atom is 0.159 e. The van der Waals surface area contributed by atoms with Crippen LogP contribution in [0.2, 0.25) is 0 Å². The van der Waals surface area contributed by atoms with Crippen molar-refractivity contribution < 1.29 is 124 Å². The van der Waals surface area contributed by atoms with E-state index < -0.39 is 0 Å². The van der Waals surface area contributed by atoms with Crippen molar-refractivity contribution in [3.8, 4) is 56.2 Å². The number of aliphatic hydroxyl groups excluding tert-OH is 4. The Kier molecular flexibility index (Phi) is 61.1. The first-order valence-electron chi connectivity index (χ1n) is 52.2. The Hall–Kier alpha value is -10.0. The molecule has 9 aromatic carbocycles. The van der Waals surface area contributed by atoms with Crippen LogP contribution < -0.4 is 0 Å². The summed E-state index contributed by atoms with van der Waals surface area (Å²) < 4.78 is 13.6. The van der Waals surface area contributed by atoms with Gasteiger partial charge in [-0.2, -0.15) is 0 Å². The third-order valence-electron chi connectivity index (χ3n) is 22.8. The Balaban J connectivity index is 0.000000582. The Labute approximate surface area is 948 Å². The van der Waals surface area contributed by atoms with Gasteiger partial charge in [-0.1, -0.05) is 297 Å². The van der Waals surface area contributed by atoms with Gasteiger partial charge in [-0.3, -0.25) is 39.1 Å². The maximum atomic E-state index is 13.6. The van der Waals surface area contributed by atoms with Crippen molar-refractivity contribution in [1.29, 1.82) is 0 Å². The zero-order chi connectivity index (χ0) is 108. The minimum atomic E-state index is -0.213. The smallest absolute Gasteiger partial charge is 0.159 e. The third kappa shape index (κ3) is 50.4. The fourth-order valence-corrected chi connectivity index (χ4v) is 17.0. The molecule has 0 fully saturated rings. The maximum absolute atomic E-state index is 13.6. The van der Waals surface area contributed by atoms with Crippen LogP contribution in [0.1, 0.15) is 276 Å². The number of hydrogen-bond donors (Lipinski definition) is 4. The van der Waals surface area contributed by atoms with E-state index in [1.54, 1.807) is 12.1 Å². The average Bonchev–Trinajstić information content (AvgIpc) is 0.749. The summed E-state index contributed by atoms with van der Waals surface area (Å²) in [5, 5.41) is 42.0. The summed E-state index contributed by atoms with van der Waals surface area (Å²) in [7, 11) is 0. The van der Waals surface area contributed by atoms with E-state index >= 15 is 0 Å². The van der Waals surface area contributed by atoms with Crippen molar-refractivity contribution in [3.05, 3.63) is 332 Å². The second-order valence-corrected chi connectivity index (χ2v) is 44.1. The van der Waals surface area contributed by atoms with Crippen LogP contribution in [0.4, 0.5) is 4.39 Å². The van der Waals surface area contributed by atoms with Crippen molar-refractivity contribution in [3.63, 3.8) is 0 Å². The number of fused-ring (bicyclic) bond motifs is 4. The van der Waals surface area contributed by atoms with E-state index in [-0.39, 0.29) is 132 Å². The molecule has 4 radical (unpaired) electrons. The molecule has 4 heterocycles. The summed E-state index contributed by atoms with van der Waals surface area (Å²) in [4.78, 5) is 64.2. The predicted octanol–water partition coefficient (Wildman–Crippen LogP) is 35.6. The van der Waals surface area contributed by atoms with Crippen LogP contribution in [0.5, 0.6) is 0 Å². The number of aryl methyl sites for hydroxylation is 10. The zero-order valence-electron chi connectivity index (χ0n) is 94.7. The number of aliphatic hydroxyl groups is 4. The van der Waals surface area contributed by atoms with E-state index in [0.717, 1.165) is 114 Å². The molecule has 0 bridgehead atoms. The summed E-state index contributed by atoms with van der Waals surface area (Å²) in [6.45, 7) is 66.5. The van der Waals surface area contributed by atoms with Crippen LogP contribution in [-0.4, -0.2) is 63.5 Å². The normalized spacial score (nSPS) is 11.4. The van der Waals surface area contributed by atoms with Crippen LogP contribution in [0, 0.1) is 164 Å². The van der Waals surface area contributed by atoms with Crippen LogP contribution in [0.25, 0.3) is 99.8 Å².